The number of likely N-dealkylation sites (tertiary alicyclic amines) is 1. The van der Waals surface area contributed by atoms with Crippen molar-refractivity contribution in [2.24, 2.45) is 0 Å². The van der Waals surface area contributed by atoms with E-state index in [4.69, 9.17) is 0 Å². The van der Waals surface area contributed by atoms with E-state index < -0.39 is 23.8 Å². The summed E-state index contributed by atoms with van der Waals surface area (Å²) < 4.78 is 38.5. The minimum atomic E-state index is -4.38. The molecule has 1 saturated heterocycles. The Morgan fingerprint density at radius 1 is 1.32 bits per heavy atom. The molecule has 1 N–H and O–H groups in total. The summed E-state index contributed by atoms with van der Waals surface area (Å²) in [7, 11) is 0. The van der Waals surface area contributed by atoms with Crippen LogP contribution in [0.5, 0.6) is 0 Å². The summed E-state index contributed by atoms with van der Waals surface area (Å²) >= 11 is 1.51. The minimum absolute atomic E-state index is 0.343. The number of aliphatic carboxylic acids is 1. The maximum atomic E-state index is 12.8. The third-order valence-corrected chi connectivity index (χ3v) is 5.59. The Hall–Kier alpha value is -1.86. The van der Waals surface area contributed by atoms with E-state index in [-0.39, 0.29) is 6.04 Å². The molecule has 7 heteroatoms. The maximum Gasteiger partial charge on any atom is 0.416 e. The Labute approximate surface area is 147 Å². The molecule has 2 atom stereocenters. The normalized spacial score (nSPS) is 19.9. The summed E-state index contributed by atoms with van der Waals surface area (Å²) in [6.45, 7) is 2.56. The number of halogens is 3. The van der Waals surface area contributed by atoms with Crippen LogP contribution in [-0.4, -0.2) is 28.6 Å². The maximum absolute atomic E-state index is 12.8. The fraction of sp³-hybridized carbons (Fsp3) is 0.389. The lowest BCUT2D eigenvalue weighted by molar-refractivity contribution is -0.142. The molecule has 2 aromatic rings. The van der Waals surface area contributed by atoms with Gasteiger partial charge in [-0.15, -0.1) is 11.3 Å². The first-order valence-electron chi connectivity index (χ1n) is 7.98. The zero-order valence-electron chi connectivity index (χ0n) is 13.6. The van der Waals surface area contributed by atoms with Crippen molar-refractivity contribution in [2.45, 2.75) is 38.0 Å². The van der Waals surface area contributed by atoms with Gasteiger partial charge in [-0.2, -0.15) is 13.2 Å². The highest BCUT2D eigenvalue weighted by Gasteiger charge is 2.38. The fourth-order valence-electron chi connectivity index (χ4n) is 3.33. The number of carboxylic acid groups (broad SMARTS) is 1. The zero-order valence-corrected chi connectivity index (χ0v) is 14.4. The molecule has 3 nitrogen and oxygen atoms in total. The highest BCUT2D eigenvalue weighted by molar-refractivity contribution is 7.10. The predicted octanol–water partition coefficient (Wildman–Crippen LogP) is 4.71. The molecule has 0 bridgehead atoms. The lowest BCUT2D eigenvalue weighted by atomic mass is 10.0. The minimum Gasteiger partial charge on any atom is -0.480 e. The molecule has 1 fully saturated rings. The van der Waals surface area contributed by atoms with Gasteiger partial charge in [0.05, 0.1) is 11.6 Å². The highest BCUT2D eigenvalue weighted by Crippen LogP contribution is 2.39. The standard InChI is InChI=1S/C18H18F3NO2S/c1-11-9-15(25-10-11)16(22-8-2-3-14(22)17(23)24)12-4-6-13(7-5-12)18(19,20)21/h4-7,9-10,14,16H,2-3,8H2,1H3,(H,23,24). The van der Waals surface area contributed by atoms with Gasteiger partial charge in [-0.1, -0.05) is 12.1 Å². The lowest BCUT2D eigenvalue weighted by Crippen LogP contribution is -2.39. The number of carboxylic acids is 1. The van der Waals surface area contributed by atoms with Crippen LogP contribution in [0.3, 0.4) is 0 Å². The zero-order chi connectivity index (χ0) is 18.2. The number of hydrogen-bond donors (Lipinski definition) is 1. The number of nitrogens with zero attached hydrogens (tertiary/aromatic N) is 1. The Balaban J connectivity index is 2.01. The van der Waals surface area contributed by atoms with Gasteiger partial charge in [0.25, 0.3) is 0 Å². The van der Waals surface area contributed by atoms with E-state index in [0.717, 1.165) is 29.0 Å². The summed E-state index contributed by atoms with van der Waals surface area (Å²) in [5.74, 6) is -0.886. The largest absolute Gasteiger partial charge is 0.480 e. The SMILES string of the molecule is Cc1csc(C(c2ccc(C(F)(F)F)cc2)N2CCCC2C(=O)O)c1. The molecule has 2 unspecified atom stereocenters. The Morgan fingerprint density at radius 2 is 2.00 bits per heavy atom. The average molecular weight is 369 g/mol. The number of thiophene rings is 1. The van der Waals surface area contributed by atoms with Gasteiger partial charge >= 0.3 is 12.1 Å². The van der Waals surface area contributed by atoms with Crippen LogP contribution in [0.15, 0.2) is 35.7 Å². The average Bonchev–Trinajstić information content (AvgIpc) is 3.17. The smallest absolute Gasteiger partial charge is 0.416 e. The van der Waals surface area contributed by atoms with Crippen LogP contribution in [0, 0.1) is 6.92 Å². The van der Waals surface area contributed by atoms with Crippen LogP contribution in [0.2, 0.25) is 0 Å². The molecule has 0 radical (unpaired) electrons. The molecule has 0 spiro atoms. The van der Waals surface area contributed by atoms with Crippen molar-refractivity contribution < 1.29 is 23.1 Å². The number of alkyl halides is 3. The van der Waals surface area contributed by atoms with Crippen molar-refractivity contribution in [1.29, 1.82) is 0 Å². The molecule has 3 rings (SSSR count). The van der Waals surface area contributed by atoms with E-state index in [0.29, 0.717) is 18.5 Å². The first-order chi connectivity index (χ1) is 11.8. The predicted molar refractivity (Wildman–Crippen MR) is 89.7 cm³/mol. The van der Waals surface area contributed by atoms with Crippen LogP contribution in [0.25, 0.3) is 0 Å². The van der Waals surface area contributed by atoms with Gasteiger partial charge in [-0.25, -0.2) is 0 Å². The van der Waals surface area contributed by atoms with E-state index in [1.807, 2.05) is 23.3 Å². The first kappa shape index (κ1) is 17.9. The third-order valence-electron chi connectivity index (χ3n) is 4.48. The van der Waals surface area contributed by atoms with E-state index in [9.17, 15) is 23.1 Å². The van der Waals surface area contributed by atoms with Crippen molar-refractivity contribution in [3.05, 3.63) is 57.3 Å². The van der Waals surface area contributed by atoms with Crippen LogP contribution >= 0.6 is 11.3 Å². The van der Waals surface area contributed by atoms with Gasteiger partial charge in [0, 0.05) is 11.4 Å². The topological polar surface area (TPSA) is 40.5 Å². The molecule has 1 aliphatic heterocycles. The molecule has 2 heterocycles. The van der Waals surface area contributed by atoms with Crippen molar-refractivity contribution >= 4 is 17.3 Å². The van der Waals surface area contributed by atoms with Crippen LogP contribution in [-0.2, 0) is 11.0 Å². The second-order valence-corrected chi connectivity index (χ2v) is 7.23. The van der Waals surface area contributed by atoms with Crippen molar-refractivity contribution in [3.8, 4) is 0 Å². The van der Waals surface area contributed by atoms with Gasteiger partial charge in [0.15, 0.2) is 0 Å². The Kier molecular flexibility index (Phi) is 4.88. The molecule has 1 aromatic heterocycles. The van der Waals surface area contributed by atoms with Crippen molar-refractivity contribution in [1.82, 2.24) is 4.90 Å². The third kappa shape index (κ3) is 3.72. The van der Waals surface area contributed by atoms with Crippen molar-refractivity contribution in [2.75, 3.05) is 6.54 Å². The van der Waals surface area contributed by atoms with Gasteiger partial charge in [-0.3, -0.25) is 9.69 Å². The summed E-state index contributed by atoms with van der Waals surface area (Å²) in [6, 6.07) is 6.06. The van der Waals surface area contributed by atoms with E-state index in [2.05, 4.69) is 0 Å². The van der Waals surface area contributed by atoms with E-state index in [1.165, 1.54) is 23.5 Å². The molecule has 0 amide bonds. The Morgan fingerprint density at radius 3 is 2.52 bits per heavy atom. The first-order valence-corrected chi connectivity index (χ1v) is 8.86. The lowest BCUT2D eigenvalue weighted by Gasteiger charge is -2.31. The summed E-state index contributed by atoms with van der Waals surface area (Å²) in [4.78, 5) is 14.4. The van der Waals surface area contributed by atoms with Gasteiger partial charge in [0.1, 0.15) is 6.04 Å². The molecular weight excluding hydrogens is 351 g/mol. The van der Waals surface area contributed by atoms with Gasteiger partial charge in [-0.05, 0) is 54.5 Å². The Bertz CT molecular complexity index is 754. The number of benzene rings is 1. The second-order valence-electron chi connectivity index (χ2n) is 6.28. The molecule has 1 aromatic carbocycles. The summed E-state index contributed by atoms with van der Waals surface area (Å²) in [6.07, 6.45) is -3.07. The molecular formula is C18H18F3NO2S. The molecule has 1 aliphatic rings. The monoisotopic (exact) mass is 369 g/mol. The van der Waals surface area contributed by atoms with Crippen molar-refractivity contribution in [3.63, 3.8) is 0 Å². The van der Waals surface area contributed by atoms with Crippen LogP contribution in [0.4, 0.5) is 13.2 Å². The van der Waals surface area contributed by atoms with E-state index >= 15 is 0 Å². The number of rotatable bonds is 4. The number of carbonyl (C=O) groups is 1. The molecule has 0 aliphatic carbocycles. The van der Waals surface area contributed by atoms with Crippen LogP contribution in [0.1, 0.15) is 40.5 Å². The quantitative estimate of drug-likeness (QED) is 0.848. The van der Waals surface area contributed by atoms with Crippen LogP contribution < -0.4 is 0 Å². The number of hydrogen-bond acceptors (Lipinski definition) is 3. The van der Waals surface area contributed by atoms with Gasteiger partial charge in [0.2, 0.25) is 0 Å². The fourth-order valence-corrected chi connectivity index (χ4v) is 4.38. The summed E-state index contributed by atoms with van der Waals surface area (Å²) in [5.41, 5.74) is 1.04. The second kappa shape index (κ2) is 6.80. The highest BCUT2D eigenvalue weighted by atomic mass is 32.1. The van der Waals surface area contributed by atoms with Gasteiger partial charge < -0.3 is 5.11 Å². The molecule has 25 heavy (non-hydrogen) atoms. The van der Waals surface area contributed by atoms with E-state index in [1.54, 1.807) is 0 Å². The molecule has 134 valence electrons. The number of aryl methyl sites for hydroxylation is 1. The summed E-state index contributed by atoms with van der Waals surface area (Å²) in [5, 5.41) is 11.5. The molecule has 0 saturated carbocycles.